The lowest BCUT2D eigenvalue weighted by molar-refractivity contribution is 0.462. The molecule has 0 amide bonds. The normalized spacial score (nSPS) is 10.3. The number of aromatic nitrogens is 1. The van der Waals surface area contributed by atoms with Gasteiger partial charge in [0.1, 0.15) is 11.8 Å². The van der Waals surface area contributed by atoms with E-state index in [1.54, 1.807) is 24.3 Å². The summed E-state index contributed by atoms with van der Waals surface area (Å²) >= 11 is 9.29. The molecular weight excluding hydrogens is 352 g/mol. The summed E-state index contributed by atoms with van der Waals surface area (Å²) in [4.78, 5) is 4.42. The first kappa shape index (κ1) is 13.9. The van der Waals surface area contributed by atoms with Crippen LogP contribution in [0.15, 0.2) is 53.0 Å². The Labute approximate surface area is 134 Å². The standard InChI is InChI=1S/C16H8BrClN2O/c17-13-8-11(18)5-6-15(13)21-16-7-10(9-19)12-3-1-2-4-14(12)20-16/h1-8H. The molecule has 1 heterocycles. The van der Waals surface area contributed by atoms with E-state index in [1.165, 1.54) is 0 Å². The van der Waals surface area contributed by atoms with E-state index in [2.05, 4.69) is 27.0 Å². The van der Waals surface area contributed by atoms with Crippen LogP contribution >= 0.6 is 27.5 Å². The van der Waals surface area contributed by atoms with Gasteiger partial charge in [0.05, 0.1) is 15.6 Å². The molecule has 2 aromatic carbocycles. The van der Waals surface area contributed by atoms with Crippen molar-refractivity contribution < 1.29 is 4.74 Å². The molecule has 0 saturated carbocycles. The molecule has 0 aliphatic carbocycles. The Morgan fingerprint density at radius 2 is 1.95 bits per heavy atom. The van der Waals surface area contributed by atoms with Crippen molar-refractivity contribution in [3.8, 4) is 17.7 Å². The number of hydrogen-bond donors (Lipinski definition) is 0. The molecule has 102 valence electrons. The van der Waals surface area contributed by atoms with Crippen LogP contribution in [0, 0.1) is 11.3 Å². The van der Waals surface area contributed by atoms with Gasteiger partial charge in [-0.05, 0) is 40.2 Å². The monoisotopic (exact) mass is 358 g/mol. The van der Waals surface area contributed by atoms with E-state index >= 15 is 0 Å². The molecule has 0 N–H and O–H groups in total. The maximum Gasteiger partial charge on any atom is 0.221 e. The predicted octanol–water partition coefficient (Wildman–Crippen LogP) is 5.31. The van der Waals surface area contributed by atoms with Crippen LogP contribution in [-0.4, -0.2) is 4.98 Å². The van der Waals surface area contributed by atoms with Crippen molar-refractivity contribution >= 4 is 38.4 Å². The molecule has 0 aliphatic heterocycles. The number of hydrogen-bond acceptors (Lipinski definition) is 3. The number of para-hydroxylation sites is 1. The predicted molar refractivity (Wildman–Crippen MR) is 85.7 cm³/mol. The van der Waals surface area contributed by atoms with Crippen molar-refractivity contribution in [2.24, 2.45) is 0 Å². The zero-order chi connectivity index (χ0) is 14.8. The molecular formula is C16H8BrClN2O. The fourth-order valence-corrected chi connectivity index (χ4v) is 2.73. The number of fused-ring (bicyclic) bond motifs is 1. The van der Waals surface area contributed by atoms with Crippen LogP contribution in [0.1, 0.15) is 5.56 Å². The Kier molecular flexibility index (Phi) is 3.78. The Morgan fingerprint density at radius 1 is 1.14 bits per heavy atom. The van der Waals surface area contributed by atoms with Gasteiger partial charge in [-0.3, -0.25) is 0 Å². The molecule has 0 atom stereocenters. The van der Waals surface area contributed by atoms with Crippen molar-refractivity contribution in [2.75, 3.05) is 0 Å². The maximum atomic E-state index is 9.26. The number of nitrogens with zero attached hydrogens (tertiary/aromatic N) is 2. The van der Waals surface area contributed by atoms with Crippen LogP contribution in [0.4, 0.5) is 0 Å². The second kappa shape index (κ2) is 5.72. The van der Waals surface area contributed by atoms with Crippen molar-refractivity contribution in [3.05, 3.63) is 63.6 Å². The number of rotatable bonds is 2. The van der Waals surface area contributed by atoms with Gasteiger partial charge in [0.15, 0.2) is 0 Å². The molecule has 3 rings (SSSR count). The molecule has 3 aromatic rings. The van der Waals surface area contributed by atoms with Crippen molar-refractivity contribution in [2.45, 2.75) is 0 Å². The van der Waals surface area contributed by atoms with Crippen molar-refractivity contribution in [3.63, 3.8) is 0 Å². The summed E-state index contributed by atoms with van der Waals surface area (Å²) in [5, 5.41) is 10.7. The van der Waals surface area contributed by atoms with E-state index in [-0.39, 0.29) is 0 Å². The third-order valence-corrected chi connectivity index (χ3v) is 3.78. The van der Waals surface area contributed by atoms with E-state index < -0.39 is 0 Å². The second-order valence-electron chi connectivity index (χ2n) is 4.31. The average molecular weight is 360 g/mol. The van der Waals surface area contributed by atoms with Gasteiger partial charge in [0.25, 0.3) is 0 Å². The largest absolute Gasteiger partial charge is 0.438 e. The summed E-state index contributed by atoms with van der Waals surface area (Å²) in [5.41, 5.74) is 1.25. The molecule has 0 radical (unpaired) electrons. The number of nitriles is 1. The van der Waals surface area contributed by atoms with Crippen LogP contribution < -0.4 is 4.74 Å². The summed E-state index contributed by atoms with van der Waals surface area (Å²) in [6.07, 6.45) is 0. The second-order valence-corrected chi connectivity index (χ2v) is 5.60. The highest BCUT2D eigenvalue weighted by Gasteiger charge is 2.09. The van der Waals surface area contributed by atoms with Gasteiger partial charge in [-0.1, -0.05) is 29.8 Å². The van der Waals surface area contributed by atoms with Crippen LogP contribution in [0.3, 0.4) is 0 Å². The van der Waals surface area contributed by atoms with Crippen molar-refractivity contribution in [1.82, 2.24) is 4.98 Å². The summed E-state index contributed by atoms with van der Waals surface area (Å²) in [7, 11) is 0. The van der Waals surface area contributed by atoms with Gasteiger partial charge in [-0.2, -0.15) is 5.26 Å². The first-order valence-electron chi connectivity index (χ1n) is 6.10. The number of ether oxygens (including phenoxy) is 1. The van der Waals surface area contributed by atoms with Crippen LogP contribution in [-0.2, 0) is 0 Å². The van der Waals surface area contributed by atoms with E-state index in [4.69, 9.17) is 16.3 Å². The molecule has 1 aromatic heterocycles. The minimum absolute atomic E-state index is 0.369. The molecule has 0 saturated heterocycles. The van der Waals surface area contributed by atoms with Crippen LogP contribution in [0.2, 0.25) is 5.02 Å². The number of benzene rings is 2. The fourth-order valence-electron chi connectivity index (χ4n) is 1.97. The molecule has 0 fully saturated rings. The summed E-state index contributed by atoms with van der Waals surface area (Å²) in [6.45, 7) is 0. The van der Waals surface area contributed by atoms with Gasteiger partial charge in [-0.15, -0.1) is 0 Å². The highest BCUT2D eigenvalue weighted by atomic mass is 79.9. The summed E-state index contributed by atoms with van der Waals surface area (Å²) in [6, 6.07) is 16.5. The zero-order valence-electron chi connectivity index (χ0n) is 10.7. The fraction of sp³-hybridized carbons (Fsp3) is 0. The number of halogens is 2. The van der Waals surface area contributed by atoms with Gasteiger partial charge in [-0.25, -0.2) is 4.98 Å². The molecule has 0 bridgehead atoms. The highest BCUT2D eigenvalue weighted by molar-refractivity contribution is 9.10. The minimum atomic E-state index is 0.369. The molecule has 0 spiro atoms. The Bertz CT molecular complexity index is 874. The SMILES string of the molecule is N#Cc1cc(Oc2ccc(Cl)cc2Br)nc2ccccc12. The van der Waals surface area contributed by atoms with E-state index in [1.807, 2.05) is 24.3 Å². The maximum absolute atomic E-state index is 9.26. The van der Waals surface area contributed by atoms with Crippen molar-refractivity contribution in [1.29, 1.82) is 5.26 Å². The first-order chi connectivity index (χ1) is 10.2. The minimum Gasteiger partial charge on any atom is -0.438 e. The smallest absolute Gasteiger partial charge is 0.221 e. The van der Waals surface area contributed by atoms with Crippen LogP contribution in [0.25, 0.3) is 10.9 Å². The lowest BCUT2D eigenvalue weighted by Crippen LogP contribution is -1.92. The summed E-state index contributed by atoms with van der Waals surface area (Å²) < 4.78 is 6.47. The van der Waals surface area contributed by atoms with E-state index in [0.29, 0.717) is 22.2 Å². The van der Waals surface area contributed by atoms with Gasteiger partial charge >= 0.3 is 0 Å². The Hall–Kier alpha value is -2.09. The molecule has 3 nitrogen and oxygen atoms in total. The molecule has 21 heavy (non-hydrogen) atoms. The number of pyridine rings is 1. The lowest BCUT2D eigenvalue weighted by Gasteiger charge is -2.09. The molecule has 5 heteroatoms. The summed E-state index contributed by atoms with van der Waals surface area (Å²) in [5.74, 6) is 0.958. The van der Waals surface area contributed by atoms with Gasteiger partial charge < -0.3 is 4.74 Å². The topological polar surface area (TPSA) is 45.9 Å². The van der Waals surface area contributed by atoms with E-state index in [0.717, 1.165) is 15.4 Å². The molecule has 0 aliphatic rings. The first-order valence-corrected chi connectivity index (χ1v) is 7.27. The average Bonchev–Trinajstić information content (AvgIpc) is 2.49. The quantitative estimate of drug-likeness (QED) is 0.622. The third kappa shape index (κ3) is 2.85. The van der Waals surface area contributed by atoms with Gasteiger partial charge in [0, 0.05) is 16.5 Å². The molecule has 0 unspecified atom stereocenters. The third-order valence-electron chi connectivity index (χ3n) is 2.92. The van der Waals surface area contributed by atoms with E-state index in [9.17, 15) is 5.26 Å². The van der Waals surface area contributed by atoms with Gasteiger partial charge in [0.2, 0.25) is 5.88 Å². The van der Waals surface area contributed by atoms with Crippen LogP contribution in [0.5, 0.6) is 11.6 Å². The zero-order valence-corrected chi connectivity index (χ0v) is 13.0. The highest BCUT2D eigenvalue weighted by Crippen LogP contribution is 2.32. The lowest BCUT2D eigenvalue weighted by atomic mass is 10.1. The Balaban J connectivity index is 2.07. The Morgan fingerprint density at radius 3 is 2.71 bits per heavy atom.